The maximum atomic E-state index is 15.1. The molecule has 2 aliphatic rings. The summed E-state index contributed by atoms with van der Waals surface area (Å²) >= 11 is 0. The van der Waals surface area contributed by atoms with Crippen LogP contribution in [-0.4, -0.2) is 31.2 Å². The number of halogens is 2. The highest BCUT2D eigenvalue weighted by Crippen LogP contribution is 2.34. The number of nitrogens with zero attached hydrogens (tertiary/aromatic N) is 3. The fraction of sp³-hybridized carbons (Fsp3) is 0.607. The number of hydrogen-bond donors (Lipinski definition) is 0. The molecule has 2 saturated heterocycles. The van der Waals surface area contributed by atoms with E-state index in [4.69, 9.17) is 0 Å². The summed E-state index contributed by atoms with van der Waals surface area (Å²) in [5.41, 5.74) is 2.13. The first-order valence-corrected chi connectivity index (χ1v) is 12.7. The first kappa shape index (κ1) is 24.0. The summed E-state index contributed by atoms with van der Waals surface area (Å²) in [6.45, 7) is 12.1. The Morgan fingerprint density at radius 3 is 2.24 bits per heavy atom. The average Bonchev–Trinajstić information content (AvgIpc) is 2.79. The van der Waals surface area contributed by atoms with Crippen LogP contribution in [0.5, 0.6) is 0 Å². The lowest BCUT2D eigenvalue weighted by Crippen LogP contribution is -2.38. The van der Waals surface area contributed by atoms with Crippen molar-refractivity contribution < 1.29 is 8.78 Å². The number of aryl methyl sites for hydroxylation is 1. The zero-order chi connectivity index (χ0) is 23.5. The Balaban J connectivity index is 1.36. The van der Waals surface area contributed by atoms with Crippen LogP contribution >= 0.6 is 0 Å². The van der Waals surface area contributed by atoms with E-state index >= 15 is 8.78 Å². The van der Waals surface area contributed by atoms with Crippen molar-refractivity contribution in [2.45, 2.75) is 59.8 Å². The zero-order valence-corrected chi connectivity index (χ0v) is 20.7. The fourth-order valence-electron chi connectivity index (χ4n) is 5.68. The minimum Gasteiger partial charge on any atom is -0.367 e. The van der Waals surface area contributed by atoms with E-state index in [1.165, 1.54) is 5.56 Å². The zero-order valence-electron chi connectivity index (χ0n) is 20.7. The summed E-state index contributed by atoms with van der Waals surface area (Å²) in [5.74, 6) is 2.23. The summed E-state index contributed by atoms with van der Waals surface area (Å²) in [6.07, 6.45) is 6.96. The molecule has 0 bridgehead atoms. The number of pyridine rings is 1. The van der Waals surface area contributed by atoms with Gasteiger partial charge in [-0.2, -0.15) is 0 Å². The van der Waals surface area contributed by atoms with E-state index in [2.05, 4.69) is 49.7 Å². The Hall–Kier alpha value is -2.17. The van der Waals surface area contributed by atoms with Crippen LogP contribution in [0, 0.1) is 42.2 Å². The van der Waals surface area contributed by atoms with Gasteiger partial charge in [0.2, 0.25) is 0 Å². The monoisotopic (exact) mass is 455 g/mol. The Morgan fingerprint density at radius 1 is 0.939 bits per heavy atom. The standard InChI is InChI=1S/C28H39F2N3/c1-19(2)24-6-5-11-33(18-24)28-25(29)15-22(16-26(28)30)14-21(4)23-9-12-32(13-10-23)27-8-7-20(3)17-31-27/h7-8,15-17,19,21,23-24H,5-6,9-14,18H2,1-4H3. The molecule has 33 heavy (non-hydrogen) atoms. The molecule has 0 N–H and O–H groups in total. The van der Waals surface area contributed by atoms with Crippen molar-refractivity contribution in [3.63, 3.8) is 0 Å². The van der Waals surface area contributed by atoms with Gasteiger partial charge in [0.25, 0.3) is 0 Å². The van der Waals surface area contributed by atoms with E-state index in [9.17, 15) is 0 Å². The second kappa shape index (κ2) is 10.4. The van der Waals surface area contributed by atoms with Crippen LogP contribution in [0.3, 0.4) is 0 Å². The van der Waals surface area contributed by atoms with Crippen molar-refractivity contribution in [3.05, 3.63) is 53.2 Å². The predicted octanol–water partition coefficient (Wildman–Crippen LogP) is 6.64. The third-order valence-corrected chi connectivity index (χ3v) is 7.92. The number of hydrogen-bond acceptors (Lipinski definition) is 3. The molecule has 2 fully saturated rings. The van der Waals surface area contributed by atoms with Crippen LogP contribution in [0.1, 0.15) is 57.6 Å². The molecule has 3 nitrogen and oxygen atoms in total. The molecule has 0 saturated carbocycles. The van der Waals surface area contributed by atoms with Gasteiger partial charge in [0.15, 0.2) is 0 Å². The number of anilines is 2. The normalized spacial score (nSPS) is 21.0. The third-order valence-electron chi connectivity index (χ3n) is 7.92. The van der Waals surface area contributed by atoms with Crippen molar-refractivity contribution in [3.8, 4) is 0 Å². The molecule has 0 radical (unpaired) electrons. The minimum absolute atomic E-state index is 0.177. The molecule has 2 atom stereocenters. The highest BCUT2D eigenvalue weighted by Gasteiger charge is 2.28. The average molecular weight is 456 g/mol. The van der Waals surface area contributed by atoms with Crippen molar-refractivity contribution in [2.75, 3.05) is 36.0 Å². The first-order valence-electron chi connectivity index (χ1n) is 12.7. The first-order chi connectivity index (χ1) is 15.8. The highest BCUT2D eigenvalue weighted by molar-refractivity contribution is 5.51. The van der Waals surface area contributed by atoms with Gasteiger partial charge in [0.05, 0.1) is 0 Å². The summed E-state index contributed by atoms with van der Waals surface area (Å²) in [7, 11) is 0. The molecule has 0 spiro atoms. The second-order valence-corrected chi connectivity index (χ2v) is 10.7. The minimum atomic E-state index is -0.401. The molecule has 2 aliphatic heterocycles. The lowest BCUT2D eigenvalue weighted by atomic mass is 9.82. The van der Waals surface area contributed by atoms with Gasteiger partial charge >= 0.3 is 0 Å². The molecule has 1 aromatic carbocycles. The van der Waals surface area contributed by atoms with Gasteiger partial charge in [-0.15, -0.1) is 0 Å². The Labute approximate surface area is 198 Å². The lowest BCUT2D eigenvalue weighted by Gasteiger charge is -2.37. The SMILES string of the molecule is Cc1ccc(N2CCC(C(C)Cc3cc(F)c(N4CCCC(C(C)C)C4)c(F)c3)CC2)nc1. The van der Waals surface area contributed by atoms with Crippen LogP contribution in [0.2, 0.25) is 0 Å². The van der Waals surface area contributed by atoms with Crippen molar-refractivity contribution in [2.24, 2.45) is 23.7 Å². The molecule has 180 valence electrons. The molecule has 2 unspecified atom stereocenters. The van der Waals surface area contributed by atoms with Crippen molar-refractivity contribution in [1.29, 1.82) is 0 Å². The van der Waals surface area contributed by atoms with Crippen LogP contribution < -0.4 is 9.80 Å². The van der Waals surface area contributed by atoms with Crippen LogP contribution in [0.25, 0.3) is 0 Å². The van der Waals surface area contributed by atoms with Gasteiger partial charge in [0, 0.05) is 32.4 Å². The van der Waals surface area contributed by atoms with Crippen molar-refractivity contribution in [1.82, 2.24) is 4.98 Å². The van der Waals surface area contributed by atoms with E-state index in [1.807, 2.05) is 11.1 Å². The molecule has 3 heterocycles. The highest BCUT2D eigenvalue weighted by atomic mass is 19.1. The summed E-state index contributed by atoms with van der Waals surface area (Å²) in [6, 6.07) is 7.37. The van der Waals surface area contributed by atoms with Gasteiger partial charge in [-0.1, -0.05) is 26.8 Å². The van der Waals surface area contributed by atoms with E-state index in [1.54, 1.807) is 12.1 Å². The lowest BCUT2D eigenvalue weighted by molar-refractivity contribution is 0.290. The number of aromatic nitrogens is 1. The van der Waals surface area contributed by atoms with E-state index < -0.39 is 11.6 Å². The van der Waals surface area contributed by atoms with E-state index in [0.29, 0.717) is 23.7 Å². The van der Waals surface area contributed by atoms with E-state index in [0.717, 1.165) is 69.7 Å². The quantitative estimate of drug-likeness (QED) is 0.487. The molecule has 0 aliphatic carbocycles. The van der Waals surface area contributed by atoms with Crippen LogP contribution in [0.15, 0.2) is 30.5 Å². The molecule has 4 rings (SSSR count). The second-order valence-electron chi connectivity index (χ2n) is 10.7. The number of rotatable bonds is 6. The Bertz CT molecular complexity index is 896. The number of benzene rings is 1. The molecular weight excluding hydrogens is 416 g/mol. The molecular formula is C28H39F2N3. The smallest absolute Gasteiger partial charge is 0.149 e. The predicted molar refractivity (Wildman–Crippen MR) is 133 cm³/mol. The Kier molecular flexibility index (Phi) is 7.55. The maximum Gasteiger partial charge on any atom is 0.149 e. The van der Waals surface area contributed by atoms with Crippen LogP contribution in [-0.2, 0) is 6.42 Å². The third kappa shape index (κ3) is 5.67. The van der Waals surface area contributed by atoms with Crippen molar-refractivity contribution >= 4 is 11.5 Å². The van der Waals surface area contributed by atoms with Crippen LogP contribution in [0.4, 0.5) is 20.3 Å². The fourth-order valence-corrected chi connectivity index (χ4v) is 5.68. The maximum absolute atomic E-state index is 15.1. The summed E-state index contributed by atoms with van der Waals surface area (Å²) in [4.78, 5) is 8.84. The topological polar surface area (TPSA) is 19.4 Å². The summed E-state index contributed by atoms with van der Waals surface area (Å²) < 4.78 is 30.2. The Morgan fingerprint density at radius 2 is 1.64 bits per heavy atom. The van der Waals surface area contributed by atoms with Gasteiger partial charge < -0.3 is 9.80 Å². The largest absolute Gasteiger partial charge is 0.367 e. The summed E-state index contributed by atoms with van der Waals surface area (Å²) in [5, 5.41) is 0. The van der Waals surface area contributed by atoms with Gasteiger partial charge in [-0.25, -0.2) is 13.8 Å². The number of piperidine rings is 2. The van der Waals surface area contributed by atoms with Gasteiger partial charge in [0.1, 0.15) is 23.1 Å². The van der Waals surface area contributed by atoms with Gasteiger partial charge in [-0.3, -0.25) is 0 Å². The molecule has 2 aromatic rings. The van der Waals surface area contributed by atoms with E-state index in [-0.39, 0.29) is 5.69 Å². The van der Waals surface area contributed by atoms with Gasteiger partial charge in [-0.05, 0) is 92.0 Å². The molecule has 1 aromatic heterocycles. The molecule has 5 heteroatoms. The molecule has 0 amide bonds.